The highest BCUT2D eigenvalue weighted by Gasteiger charge is 2.33. The number of pyridine rings is 1. The highest BCUT2D eigenvalue weighted by Crippen LogP contribution is 2.35. The Morgan fingerprint density at radius 1 is 1.42 bits per heavy atom. The van der Waals surface area contributed by atoms with Crippen LogP contribution in [0.15, 0.2) is 18.3 Å². The summed E-state index contributed by atoms with van der Waals surface area (Å²) in [6.45, 7) is 0.617. The number of aromatic nitrogens is 1. The molecule has 0 saturated heterocycles. The molecule has 1 aromatic heterocycles. The first-order valence-electron chi connectivity index (χ1n) is 6.31. The van der Waals surface area contributed by atoms with Gasteiger partial charge in [0.05, 0.1) is 5.56 Å². The second-order valence-electron chi connectivity index (χ2n) is 5.18. The average Bonchev–Trinajstić information content (AvgIpc) is 3.12. The van der Waals surface area contributed by atoms with Crippen molar-refractivity contribution in [2.75, 3.05) is 26.0 Å². The van der Waals surface area contributed by atoms with Crippen molar-refractivity contribution < 1.29 is 13.2 Å². The Morgan fingerprint density at radius 2 is 2.11 bits per heavy atom. The van der Waals surface area contributed by atoms with Crippen molar-refractivity contribution >= 4 is 5.82 Å². The minimum atomic E-state index is -4.32. The van der Waals surface area contributed by atoms with Crippen molar-refractivity contribution in [2.45, 2.75) is 25.1 Å². The molecule has 1 unspecified atom stereocenters. The van der Waals surface area contributed by atoms with Gasteiger partial charge in [-0.15, -0.1) is 0 Å². The van der Waals surface area contributed by atoms with Gasteiger partial charge in [0, 0.05) is 18.8 Å². The fourth-order valence-electron chi connectivity index (χ4n) is 2.16. The van der Waals surface area contributed by atoms with E-state index in [0.717, 1.165) is 12.1 Å². The predicted octanol–water partition coefficient (Wildman–Crippen LogP) is 2.85. The number of anilines is 1. The van der Waals surface area contributed by atoms with Crippen LogP contribution in [0.1, 0.15) is 18.4 Å². The normalized spacial score (nSPS) is 17.6. The molecule has 3 nitrogen and oxygen atoms in total. The van der Waals surface area contributed by atoms with Crippen molar-refractivity contribution in [1.29, 1.82) is 0 Å². The molecule has 1 fully saturated rings. The topological polar surface area (TPSA) is 28.2 Å². The zero-order valence-corrected chi connectivity index (χ0v) is 11.0. The average molecular weight is 273 g/mol. The lowest BCUT2D eigenvalue weighted by Gasteiger charge is -2.24. The van der Waals surface area contributed by atoms with Crippen molar-refractivity contribution in [3.63, 3.8) is 0 Å². The smallest absolute Gasteiger partial charge is 0.368 e. The van der Waals surface area contributed by atoms with Crippen molar-refractivity contribution in [3.8, 4) is 0 Å². The van der Waals surface area contributed by atoms with Gasteiger partial charge in [-0.2, -0.15) is 13.2 Å². The van der Waals surface area contributed by atoms with Gasteiger partial charge in [0.15, 0.2) is 0 Å². The van der Waals surface area contributed by atoms with Crippen LogP contribution in [0, 0.1) is 5.92 Å². The molecule has 0 radical (unpaired) electrons. The lowest BCUT2D eigenvalue weighted by Crippen LogP contribution is -2.36. The second kappa shape index (κ2) is 5.36. The zero-order chi connectivity index (χ0) is 14.0. The molecule has 106 valence electrons. The molecule has 0 aliphatic heterocycles. The first kappa shape index (κ1) is 14.1. The molecule has 1 aliphatic rings. The summed E-state index contributed by atoms with van der Waals surface area (Å²) in [5.41, 5.74) is -0.669. The van der Waals surface area contributed by atoms with Gasteiger partial charge in [0.2, 0.25) is 0 Å². The minimum Gasteiger partial charge on any atom is -0.368 e. The lowest BCUT2D eigenvalue weighted by molar-refractivity contribution is -0.137. The number of halogens is 3. The molecule has 0 aromatic carbocycles. The maximum Gasteiger partial charge on any atom is 0.416 e. The highest BCUT2D eigenvalue weighted by atomic mass is 19.4. The predicted molar refractivity (Wildman–Crippen MR) is 67.9 cm³/mol. The number of alkyl halides is 3. The first-order valence-corrected chi connectivity index (χ1v) is 6.31. The molecule has 1 aliphatic carbocycles. The molecule has 1 atom stereocenters. The van der Waals surface area contributed by atoms with Crippen LogP contribution in [0.2, 0.25) is 0 Å². The van der Waals surface area contributed by atoms with Gasteiger partial charge in [0.1, 0.15) is 5.82 Å². The van der Waals surface area contributed by atoms with E-state index in [1.165, 1.54) is 19.0 Å². The number of nitrogens with one attached hydrogen (secondary N) is 1. The molecule has 0 spiro atoms. The highest BCUT2D eigenvalue weighted by molar-refractivity contribution is 5.38. The quantitative estimate of drug-likeness (QED) is 0.894. The molecule has 0 amide bonds. The molecular weight excluding hydrogens is 255 g/mol. The van der Waals surface area contributed by atoms with Gasteiger partial charge in [0.25, 0.3) is 0 Å². The molecule has 0 bridgehead atoms. The van der Waals surface area contributed by atoms with Crippen LogP contribution in [0.4, 0.5) is 19.0 Å². The third-order valence-electron chi connectivity index (χ3n) is 3.41. The summed E-state index contributed by atoms with van der Waals surface area (Å²) in [5.74, 6) is 0.927. The van der Waals surface area contributed by atoms with Crippen LogP contribution in [-0.4, -0.2) is 36.6 Å². The van der Waals surface area contributed by atoms with Crippen LogP contribution >= 0.6 is 0 Å². The van der Waals surface area contributed by atoms with E-state index in [0.29, 0.717) is 18.5 Å². The van der Waals surface area contributed by atoms with Gasteiger partial charge in [-0.1, -0.05) is 0 Å². The lowest BCUT2D eigenvalue weighted by atomic mass is 10.1. The second-order valence-corrected chi connectivity index (χ2v) is 5.18. The summed E-state index contributed by atoms with van der Waals surface area (Å²) in [5, 5.41) is 3.01. The molecule has 19 heavy (non-hydrogen) atoms. The molecule has 1 aromatic rings. The molecular formula is C13H18F3N3. The van der Waals surface area contributed by atoms with E-state index in [1.54, 1.807) is 0 Å². The van der Waals surface area contributed by atoms with E-state index in [2.05, 4.69) is 15.2 Å². The molecule has 1 N–H and O–H groups in total. The number of rotatable bonds is 5. The summed E-state index contributed by atoms with van der Waals surface area (Å²) in [6.07, 6.45) is -0.745. The van der Waals surface area contributed by atoms with E-state index in [4.69, 9.17) is 0 Å². The van der Waals surface area contributed by atoms with Crippen molar-refractivity contribution in [3.05, 3.63) is 23.9 Å². The van der Waals surface area contributed by atoms with E-state index in [-0.39, 0.29) is 5.82 Å². The van der Waals surface area contributed by atoms with E-state index >= 15 is 0 Å². The minimum absolute atomic E-state index is 0.280. The first-order chi connectivity index (χ1) is 8.88. The Labute approximate surface area is 110 Å². The van der Waals surface area contributed by atoms with Crippen LogP contribution in [-0.2, 0) is 6.18 Å². The van der Waals surface area contributed by atoms with Gasteiger partial charge in [-0.25, -0.2) is 4.98 Å². The van der Waals surface area contributed by atoms with Gasteiger partial charge in [-0.05, 0) is 45.0 Å². The van der Waals surface area contributed by atoms with E-state index in [1.807, 2.05) is 14.1 Å². The molecule has 2 rings (SSSR count). The Hall–Kier alpha value is -1.30. The molecule has 1 heterocycles. The van der Waals surface area contributed by atoms with E-state index < -0.39 is 11.7 Å². The fraction of sp³-hybridized carbons (Fsp3) is 0.615. The Balaban J connectivity index is 1.99. The van der Waals surface area contributed by atoms with Crippen LogP contribution in [0.3, 0.4) is 0 Å². The maximum absolute atomic E-state index is 12.6. The summed E-state index contributed by atoms with van der Waals surface area (Å²) >= 11 is 0. The van der Waals surface area contributed by atoms with Crippen LogP contribution < -0.4 is 5.32 Å². The summed E-state index contributed by atoms with van der Waals surface area (Å²) in [4.78, 5) is 6.04. The number of nitrogens with zero attached hydrogens (tertiary/aromatic N) is 2. The summed E-state index contributed by atoms with van der Waals surface area (Å²) in [7, 11) is 3.98. The monoisotopic (exact) mass is 273 g/mol. The number of hydrogen-bond donors (Lipinski definition) is 1. The third kappa shape index (κ3) is 3.83. The van der Waals surface area contributed by atoms with Gasteiger partial charge >= 0.3 is 6.18 Å². The van der Waals surface area contributed by atoms with Gasteiger partial charge < -0.3 is 10.2 Å². The number of hydrogen-bond acceptors (Lipinski definition) is 3. The molecule has 1 saturated carbocycles. The Morgan fingerprint density at radius 3 is 2.63 bits per heavy atom. The largest absolute Gasteiger partial charge is 0.416 e. The van der Waals surface area contributed by atoms with Crippen molar-refractivity contribution in [1.82, 2.24) is 9.88 Å². The standard InChI is InChI=1S/C13H18F3N3/c1-19(2)11(9-3-4-9)8-18-12-7-10(5-6-17-12)13(14,15)16/h5-7,9,11H,3-4,8H2,1-2H3,(H,17,18). The number of likely N-dealkylation sites (N-methyl/N-ethyl adjacent to an activating group) is 1. The van der Waals surface area contributed by atoms with Crippen LogP contribution in [0.5, 0.6) is 0 Å². The van der Waals surface area contributed by atoms with Gasteiger partial charge in [-0.3, -0.25) is 0 Å². The van der Waals surface area contributed by atoms with Crippen LogP contribution in [0.25, 0.3) is 0 Å². The summed E-state index contributed by atoms with van der Waals surface area (Å²) in [6, 6.07) is 2.38. The SMILES string of the molecule is CN(C)C(CNc1cc(C(F)(F)F)ccn1)C1CC1. The summed E-state index contributed by atoms with van der Waals surface area (Å²) < 4.78 is 37.7. The fourth-order valence-corrected chi connectivity index (χ4v) is 2.16. The zero-order valence-electron chi connectivity index (χ0n) is 11.0. The third-order valence-corrected chi connectivity index (χ3v) is 3.41. The Kier molecular flexibility index (Phi) is 3.99. The van der Waals surface area contributed by atoms with Crippen molar-refractivity contribution in [2.24, 2.45) is 5.92 Å². The molecule has 6 heteroatoms. The maximum atomic E-state index is 12.6. The van der Waals surface area contributed by atoms with E-state index in [9.17, 15) is 13.2 Å². The Bertz CT molecular complexity index is 425.